The second-order valence-electron chi connectivity index (χ2n) is 13.2. The molecule has 1 aliphatic heterocycles. The van der Waals surface area contributed by atoms with Crippen molar-refractivity contribution in [1.29, 1.82) is 0 Å². The number of halogens is 1. The summed E-state index contributed by atoms with van der Waals surface area (Å²) < 4.78 is 34.8. The Morgan fingerprint density at radius 2 is 1.84 bits per heavy atom. The van der Waals surface area contributed by atoms with Gasteiger partial charge in [-0.2, -0.15) is 5.10 Å². The number of aryl methyl sites for hydroxylation is 1. The van der Waals surface area contributed by atoms with Gasteiger partial charge in [0.1, 0.15) is 17.1 Å². The van der Waals surface area contributed by atoms with Crippen molar-refractivity contribution < 1.29 is 28.2 Å². The summed E-state index contributed by atoms with van der Waals surface area (Å²) in [5, 5.41) is 10.6. The number of hydrogen-bond donors (Lipinski definition) is 2. The van der Waals surface area contributed by atoms with Crippen LogP contribution >= 0.6 is 0 Å². The third-order valence-corrected chi connectivity index (χ3v) is 8.47. The molecule has 1 saturated carbocycles. The fraction of sp³-hybridized carbons (Fsp3) is 0.515. The number of alkyl carbamates (subject to hydrolysis) is 1. The maximum atomic E-state index is 16.8. The molecule has 3 heterocycles. The number of pyridine rings is 1. The van der Waals surface area contributed by atoms with Crippen molar-refractivity contribution in [2.75, 3.05) is 19.5 Å². The number of nitrogens with zero attached hydrogens (tertiary/aromatic N) is 4. The van der Waals surface area contributed by atoms with Gasteiger partial charge >= 0.3 is 6.09 Å². The molecule has 1 aliphatic carbocycles. The Balaban J connectivity index is 1.55. The number of methoxy groups -OCH3 is 2. The Hall–Kier alpha value is -4.35. The molecule has 2 aromatic heterocycles. The fourth-order valence-electron chi connectivity index (χ4n) is 6.25. The van der Waals surface area contributed by atoms with Crippen molar-refractivity contribution in [3.63, 3.8) is 0 Å². The second-order valence-corrected chi connectivity index (χ2v) is 13.2. The standard InChI is InChI=1S/C33H43FN6O5/c1-32(2,3)45-31(42)37-23-12-10-9-11-22(23)36-29-27(34)26-25(28(38-29)20-16-35-39(6)17-20)30(41)40(33(26,4)5)18-19-13-14-21(43-7)15-24(19)44-8/h13-17,22-23H,9-12,18H2,1-8H3,(H,36,38)(H,37,42)/t22-,23+/m1/s1. The Morgan fingerprint density at radius 3 is 2.47 bits per heavy atom. The van der Waals surface area contributed by atoms with E-state index in [0.717, 1.165) is 18.4 Å². The number of aromatic nitrogens is 3. The van der Waals surface area contributed by atoms with Crippen LogP contribution in [-0.2, 0) is 23.9 Å². The predicted octanol–water partition coefficient (Wildman–Crippen LogP) is 5.78. The van der Waals surface area contributed by atoms with Crippen LogP contribution in [-0.4, -0.2) is 63.6 Å². The molecule has 2 aliphatic rings. The lowest BCUT2D eigenvalue weighted by molar-refractivity contribution is 0.0488. The zero-order valence-electron chi connectivity index (χ0n) is 27.3. The normalized spacial score (nSPS) is 19.2. The van der Waals surface area contributed by atoms with Crippen LogP contribution in [0.2, 0.25) is 0 Å². The van der Waals surface area contributed by atoms with E-state index in [1.54, 1.807) is 55.4 Å². The van der Waals surface area contributed by atoms with Crippen LogP contribution in [0.15, 0.2) is 30.6 Å². The molecule has 12 heteroatoms. The van der Waals surface area contributed by atoms with E-state index in [9.17, 15) is 9.59 Å². The van der Waals surface area contributed by atoms with Gasteiger partial charge in [-0.25, -0.2) is 14.2 Å². The zero-order valence-corrected chi connectivity index (χ0v) is 27.3. The van der Waals surface area contributed by atoms with Gasteiger partial charge in [0.2, 0.25) is 0 Å². The maximum Gasteiger partial charge on any atom is 0.407 e. The van der Waals surface area contributed by atoms with Gasteiger partial charge in [0.05, 0.1) is 49.8 Å². The average molecular weight is 623 g/mol. The second kappa shape index (κ2) is 12.2. The Labute approximate surface area is 263 Å². The van der Waals surface area contributed by atoms with Gasteiger partial charge in [-0.15, -0.1) is 0 Å². The third-order valence-electron chi connectivity index (χ3n) is 8.47. The smallest absolute Gasteiger partial charge is 0.407 e. The van der Waals surface area contributed by atoms with Crippen LogP contribution < -0.4 is 20.1 Å². The molecule has 2 N–H and O–H groups in total. The minimum Gasteiger partial charge on any atom is -0.497 e. The van der Waals surface area contributed by atoms with Crippen molar-refractivity contribution in [3.05, 3.63) is 53.1 Å². The lowest BCUT2D eigenvalue weighted by Crippen LogP contribution is -2.50. The summed E-state index contributed by atoms with van der Waals surface area (Å²) in [6, 6.07) is 4.81. The van der Waals surface area contributed by atoms with E-state index in [1.165, 1.54) is 0 Å². The van der Waals surface area contributed by atoms with Crippen LogP contribution in [0.3, 0.4) is 0 Å². The molecule has 242 valence electrons. The fourth-order valence-corrected chi connectivity index (χ4v) is 6.25. The third kappa shape index (κ3) is 6.41. The summed E-state index contributed by atoms with van der Waals surface area (Å²) in [5.74, 6) is 0.273. The van der Waals surface area contributed by atoms with Gasteiger partial charge in [0.15, 0.2) is 11.6 Å². The number of amides is 2. The lowest BCUT2D eigenvalue weighted by Gasteiger charge is -2.35. The van der Waals surface area contributed by atoms with Crippen molar-refractivity contribution in [2.45, 2.75) is 90.1 Å². The number of rotatable bonds is 8. The number of benzene rings is 1. The predicted molar refractivity (Wildman–Crippen MR) is 168 cm³/mol. The molecule has 0 spiro atoms. The minimum atomic E-state index is -1.04. The lowest BCUT2D eigenvalue weighted by atomic mass is 9.89. The van der Waals surface area contributed by atoms with Crippen LogP contribution in [0.5, 0.6) is 11.5 Å². The van der Waals surface area contributed by atoms with Gasteiger partial charge < -0.3 is 29.7 Å². The average Bonchev–Trinajstić information content (AvgIpc) is 3.49. The van der Waals surface area contributed by atoms with E-state index in [0.29, 0.717) is 35.6 Å². The molecule has 0 unspecified atom stereocenters. The molecular weight excluding hydrogens is 579 g/mol. The number of fused-ring (bicyclic) bond motifs is 1. The largest absolute Gasteiger partial charge is 0.497 e. The summed E-state index contributed by atoms with van der Waals surface area (Å²) >= 11 is 0. The van der Waals surface area contributed by atoms with Gasteiger partial charge in [-0.05, 0) is 59.6 Å². The van der Waals surface area contributed by atoms with Gasteiger partial charge in [-0.3, -0.25) is 9.48 Å². The SMILES string of the molecule is COc1ccc(CN2C(=O)c3c(-c4cnn(C)c4)nc(N[C@@H]4CCCC[C@@H]4NC(=O)OC(C)(C)C)c(F)c3C2(C)C)c(OC)c1. The van der Waals surface area contributed by atoms with Gasteiger partial charge in [0.25, 0.3) is 5.91 Å². The first-order chi connectivity index (χ1) is 21.2. The van der Waals surface area contributed by atoms with Crippen LogP contribution in [0.1, 0.15) is 81.8 Å². The number of ether oxygens (including phenoxy) is 3. The Kier molecular flexibility index (Phi) is 8.70. The number of carbonyl (C=O) groups is 2. The highest BCUT2D eigenvalue weighted by Gasteiger charge is 2.48. The van der Waals surface area contributed by atoms with Crippen molar-refractivity contribution in [3.8, 4) is 22.8 Å². The molecule has 0 radical (unpaired) electrons. The molecule has 3 aromatic rings. The molecule has 45 heavy (non-hydrogen) atoms. The van der Waals surface area contributed by atoms with E-state index in [1.807, 2.05) is 40.7 Å². The molecule has 5 rings (SSSR count). The maximum absolute atomic E-state index is 16.8. The van der Waals surface area contributed by atoms with E-state index >= 15 is 4.39 Å². The molecule has 0 saturated heterocycles. The summed E-state index contributed by atoms with van der Waals surface area (Å²) in [4.78, 5) is 33.3. The van der Waals surface area contributed by atoms with Crippen molar-refractivity contribution in [1.82, 2.24) is 25.0 Å². The molecule has 0 bridgehead atoms. The topological polar surface area (TPSA) is 120 Å². The van der Waals surface area contributed by atoms with E-state index in [4.69, 9.17) is 19.2 Å². The van der Waals surface area contributed by atoms with Crippen LogP contribution in [0, 0.1) is 5.82 Å². The molecule has 11 nitrogen and oxygen atoms in total. The highest BCUT2D eigenvalue weighted by molar-refractivity contribution is 6.05. The van der Waals surface area contributed by atoms with Crippen LogP contribution in [0.4, 0.5) is 15.0 Å². The highest BCUT2D eigenvalue weighted by Crippen LogP contribution is 2.47. The van der Waals surface area contributed by atoms with E-state index < -0.39 is 23.1 Å². The van der Waals surface area contributed by atoms with Gasteiger partial charge in [0, 0.05) is 42.0 Å². The molecule has 1 fully saturated rings. The summed E-state index contributed by atoms with van der Waals surface area (Å²) in [6.45, 7) is 9.27. The highest BCUT2D eigenvalue weighted by atomic mass is 19.1. The summed E-state index contributed by atoms with van der Waals surface area (Å²) in [7, 11) is 4.90. The number of carbonyl (C=O) groups excluding carboxylic acids is 2. The summed E-state index contributed by atoms with van der Waals surface area (Å²) in [5.41, 5.74) is 0.459. The monoisotopic (exact) mass is 622 g/mol. The Bertz CT molecular complexity index is 1600. The number of anilines is 1. The number of hydrogen-bond acceptors (Lipinski definition) is 8. The molecular formula is C33H43FN6O5. The first-order valence-electron chi connectivity index (χ1n) is 15.3. The molecule has 2 atom stereocenters. The minimum absolute atomic E-state index is 0.0280. The first-order valence-corrected chi connectivity index (χ1v) is 15.3. The van der Waals surface area contributed by atoms with E-state index in [-0.39, 0.29) is 41.5 Å². The van der Waals surface area contributed by atoms with E-state index in [2.05, 4.69) is 15.7 Å². The summed E-state index contributed by atoms with van der Waals surface area (Å²) in [6.07, 6.45) is 6.10. The van der Waals surface area contributed by atoms with Crippen molar-refractivity contribution in [2.24, 2.45) is 7.05 Å². The first kappa shape index (κ1) is 32.1. The molecule has 2 amide bonds. The molecule has 1 aromatic carbocycles. The quantitative estimate of drug-likeness (QED) is 0.325. The Morgan fingerprint density at radius 1 is 1.13 bits per heavy atom. The zero-order chi connectivity index (χ0) is 32.7. The van der Waals surface area contributed by atoms with Gasteiger partial charge in [-0.1, -0.05) is 12.8 Å². The van der Waals surface area contributed by atoms with Crippen LogP contribution in [0.25, 0.3) is 11.3 Å². The number of nitrogens with one attached hydrogen (secondary N) is 2. The van der Waals surface area contributed by atoms with Crippen molar-refractivity contribution >= 4 is 17.8 Å².